The molecule has 0 heterocycles. The molecule has 24 heavy (non-hydrogen) atoms. The first-order chi connectivity index (χ1) is 10.2. The van der Waals surface area contributed by atoms with Gasteiger partial charge in [-0.3, -0.25) is 0 Å². The maximum absolute atomic E-state index is 6.33. The summed E-state index contributed by atoms with van der Waals surface area (Å²) in [6.45, 7) is 35.0. The lowest BCUT2D eigenvalue weighted by Crippen LogP contribution is -2.65. The molecule has 0 saturated carbocycles. The molecule has 0 aliphatic rings. The van der Waals surface area contributed by atoms with E-state index in [1.54, 1.807) is 0 Å². The molecule has 0 aromatic heterocycles. The molecule has 0 saturated heterocycles. The van der Waals surface area contributed by atoms with Gasteiger partial charge in [-0.25, -0.2) is 0 Å². The van der Waals surface area contributed by atoms with Crippen molar-refractivity contribution in [1.82, 2.24) is 0 Å². The lowest BCUT2D eigenvalue weighted by molar-refractivity contribution is 0.428. The molecule has 0 fully saturated rings. The number of allylic oxidation sites excluding steroid dienone is 1. The van der Waals surface area contributed by atoms with E-state index in [0.717, 1.165) is 0 Å². The summed E-state index contributed by atoms with van der Waals surface area (Å²) >= 11 is 0. The Morgan fingerprint density at radius 1 is 0.667 bits per heavy atom. The molecule has 0 spiro atoms. The Morgan fingerprint density at radius 3 is 1.25 bits per heavy atom. The molecule has 0 aliphatic heterocycles. The van der Waals surface area contributed by atoms with Crippen molar-refractivity contribution >= 4 is 32.5 Å². The second kappa shape index (κ2) is 7.20. The number of hydrogen-bond donors (Lipinski definition) is 0. The van der Waals surface area contributed by atoms with Crippen LogP contribution in [-0.4, -0.2) is 32.5 Å². The molecule has 0 atom stereocenters. The summed E-state index contributed by atoms with van der Waals surface area (Å²) in [5, 5.41) is 0.269. The third-order valence-corrected chi connectivity index (χ3v) is 32.7. The van der Waals surface area contributed by atoms with Crippen molar-refractivity contribution in [2.45, 2.75) is 109 Å². The summed E-state index contributed by atoms with van der Waals surface area (Å²) in [5.41, 5.74) is 0. The fourth-order valence-electron chi connectivity index (χ4n) is 4.91. The van der Waals surface area contributed by atoms with Crippen LogP contribution >= 0.6 is 0 Å². The van der Waals surface area contributed by atoms with E-state index in [2.05, 4.69) is 105 Å². The zero-order valence-corrected chi connectivity index (χ0v) is 23.3. The van der Waals surface area contributed by atoms with E-state index >= 15 is 0 Å². The monoisotopic (exact) mass is 402 g/mol. The zero-order chi connectivity index (χ0) is 19.8. The van der Waals surface area contributed by atoms with Crippen LogP contribution in [0.3, 0.4) is 0 Å². The number of rotatable bonds is 7. The summed E-state index contributed by atoms with van der Waals surface area (Å²) in [5.74, 6) is 0. The molecule has 0 bridgehead atoms. The highest BCUT2D eigenvalue weighted by atomic mass is 28.5. The lowest BCUT2D eigenvalue weighted by Gasteiger charge is -2.59. The Hall–Kier alpha value is 0.408. The highest BCUT2D eigenvalue weighted by Crippen LogP contribution is 2.56. The van der Waals surface area contributed by atoms with Gasteiger partial charge in [-0.15, -0.1) is 0 Å². The molecule has 144 valence electrons. The quantitative estimate of drug-likeness (QED) is 0.312. The van der Waals surface area contributed by atoms with E-state index in [0.29, 0.717) is 4.28 Å². The van der Waals surface area contributed by atoms with Crippen LogP contribution in [-0.2, 0) is 4.43 Å². The maximum atomic E-state index is 6.33. The van der Waals surface area contributed by atoms with Crippen molar-refractivity contribution in [3.63, 3.8) is 0 Å². The minimum atomic E-state index is -1.69. The molecule has 5 heteroatoms. The molecular formula is C19H46OSi4. The minimum absolute atomic E-state index is 0.269. The molecule has 0 unspecified atom stereocenters. The third-order valence-electron chi connectivity index (χ3n) is 6.53. The molecule has 0 radical (unpaired) electrons. The molecule has 0 amide bonds. The highest BCUT2D eigenvalue weighted by Gasteiger charge is 2.58. The largest absolute Gasteiger partial charge is 0.549 e. The van der Waals surface area contributed by atoms with Gasteiger partial charge >= 0.3 is 0 Å². The van der Waals surface area contributed by atoms with Gasteiger partial charge in [0.2, 0.25) is 8.32 Å². The van der Waals surface area contributed by atoms with Gasteiger partial charge in [-0.1, -0.05) is 85.8 Å². The van der Waals surface area contributed by atoms with E-state index in [1.165, 1.54) is 6.42 Å². The van der Waals surface area contributed by atoms with Crippen molar-refractivity contribution in [2.75, 3.05) is 0 Å². The predicted octanol–water partition coefficient (Wildman–Crippen LogP) is 7.75. The van der Waals surface area contributed by atoms with Crippen LogP contribution in [0.25, 0.3) is 0 Å². The van der Waals surface area contributed by atoms with Crippen molar-refractivity contribution in [3.8, 4) is 0 Å². The predicted molar refractivity (Wildman–Crippen MR) is 125 cm³/mol. The summed E-state index contributed by atoms with van der Waals surface area (Å²) in [6, 6.07) is 0. The van der Waals surface area contributed by atoms with Crippen LogP contribution in [0, 0.1) is 0 Å². The topological polar surface area (TPSA) is 9.23 Å². The Morgan fingerprint density at radius 2 is 1.00 bits per heavy atom. The van der Waals surface area contributed by atoms with E-state index < -0.39 is 32.5 Å². The molecule has 1 nitrogen and oxygen atoms in total. The van der Waals surface area contributed by atoms with Gasteiger partial charge in [0.25, 0.3) is 0 Å². The van der Waals surface area contributed by atoms with Gasteiger partial charge in [-0.05, 0) is 28.8 Å². The molecule has 0 aromatic rings. The molecule has 0 aromatic carbocycles. The van der Waals surface area contributed by atoms with Crippen molar-refractivity contribution < 1.29 is 4.43 Å². The van der Waals surface area contributed by atoms with Gasteiger partial charge in [0.15, 0.2) is 0 Å². The Bertz CT molecular complexity index is 404. The van der Waals surface area contributed by atoms with Crippen LogP contribution in [0.2, 0.25) is 81.3 Å². The second-order valence-electron chi connectivity index (χ2n) is 12.1. The highest BCUT2D eigenvalue weighted by molar-refractivity contribution is 7.15. The van der Waals surface area contributed by atoms with E-state index in [1.807, 2.05) is 0 Å². The molecule has 0 rings (SSSR count). The van der Waals surface area contributed by atoms with Crippen LogP contribution < -0.4 is 0 Å². The first kappa shape index (κ1) is 24.4. The summed E-state index contributed by atoms with van der Waals surface area (Å²) in [6.07, 6.45) is 5.70. The van der Waals surface area contributed by atoms with Crippen LogP contribution in [0.4, 0.5) is 0 Å². The van der Waals surface area contributed by atoms with Crippen LogP contribution in [0.15, 0.2) is 12.3 Å². The van der Waals surface area contributed by atoms with Gasteiger partial charge in [0.05, 0.1) is 6.26 Å². The van der Waals surface area contributed by atoms with Gasteiger partial charge in [0.1, 0.15) is 0 Å². The van der Waals surface area contributed by atoms with Crippen molar-refractivity contribution in [1.29, 1.82) is 0 Å². The third kappa shape index (κ3) is 4.98. The summed E-state index contributed by atoms with van der Waals surface area (Å²) < 4.78 is 6.92. The van der Waals surface area contributed by atoms with Gasteiger partial charge in [0, 0.05) is 24.2 Å². The summed E-state index contributed by atoms with van der Waals surface area (Å²) in [4.78, 5) is 0. The Labute approximate surface area is 157 Å². The molecule has 0 N–H and O–H groups in total. The van der Waals surface area contributed by atoms with E-state index in [-0.39, 0.29) is 5.04 Å². The minimum Gasteiger partial charge on any atom is -0.549 e. The van der Waals surface area contributed by atoms with Crippen LogP contribution in [0.5, 0.6) is 0 Å². The average molecular weight is 403 g/mol. The first-order valence-electron chi connectivity index (χ1n) is 9.53. The van der Waals surface area contributed by atoms with Crippen molar-refractivity contribution in [2.24, 2.45) is 0 Å². The van der Waals surface area contributed by atoms with Crippen LogP contribution in [0.1, 0.15) is 27.2 Å². The lowest BCUT2D eigenvalue weighted by atomic mass is 10.2. The first-order valence-corrected chi connectivity index (χ1v) is 22.9. The summed E-state index contributed by atoms with van der Waals surface area (Å²) in [7, 11) is -5.63. The Balaban J connectivity index is 5.67. The second-order valence-corrected chi connectivity index (χ2v) is 34.4. The van der Waals surface area contributed by atoms with E-state index in [4.69, 9.17) is 4.43 Å². The normalized spacial score (nSPS) is 15.9. The average Bonchev–Trinajstić information content (AvgIpc) is 2.20. The standard InChI is InChI=1S/C19H46OSi4/c1-18(2,3)24(13,14)20-17-15-16-19(21(4,5)6,22(7,8)9)23(10,11)12/h15,17H,16H2,1-14H3. The Kier molecular flexibility index (Phi) is 7.32. The fourth-order valence-corrected chi connectivity index (χ4v) is 34.9. The number of hydrogen-bond acceptors (Lipinski definition) is 1. The van der Waals surface area contributed by atoms with Crippen molar-refractivity contribution in [3.05, 3.63) is 12.3 Å². The molecule has 0 aliphatic carbocycles. The maximum Gasteiger partial charge on any atom is 0.249 e. The van der Waals surface area contributed by atoms with Gasteiger partial charge in [-0.2, -0.15) is 0 Å². The van der Waals surface area contributed by atoms with E-state index in [9.17, 15) is 0 Å². The zero-order valence-electron chi connectivity index (χ0n) is 19.3. The van der Waals surface area contributed by atoms with Gasteiger partial charge < -0.3 is 4.43 Å². The smallest absolute Gasteiger partial charge is 0.249 e. The SMILES string of the molecule is CC(C)(C)[Si](C)(C)OC=CCC([Si](C)(C)C)([Si](C)(C)C)[Si](C)(C)C. The molecular weight excluding hydrogens is 357 g/mol. The fraction of sp³-hybridized carbons (Fsp3) is 0.895.